The van der Waals surface area contributed by atoms with Crippen LogP contribution in [0.15, 0.2) is 18.3 Å². The smallest absolute Gasteiger partial charge is 0.162 e. The lowest BCUT2D eigenvalue weighted by Crippen LogP contribution is -2.15. The van der Waals surface area contributed by atoms with Crippen molar-refractivity contribution in [2.45, 2.75) is 13.0 Å². The highest BCUT2D eigenvalue weighted by Gasteiger charge is 2.08. The molecule has 0 amide bonds. The quantitative estimate of drug-likeness (QED) is 0.813. The molecule has 0 fully saturated rings. The van der Waals surface area contributed by atoms with Gasteiger partial charge in [0, 0.05) is 24.2 Å². The lowest BCUT2D eigenvalue weighted by atomic mass is 10.2. The van der Waals surface area contributed by atoms with Gasteiger partial charge in [-0.15, -0.1) is 24.8 Å². The molecule has 1 aromatic carbocycles. The first-order valence-electron chi connectivity index (χ1n) is 6.38. The standard InChI is InChI=1S/C14H21N3O2.2ClH/c1-16(2)6-5-7-17-10-11-8-13(18-3)14(19-4)9-12(11)15-17;;/h8-10H,5-7H2,1-4H3;2*1H. The molecule has 1 heterocycles. The summed E-state index contributed by atoms with van der Waals surface area (Å²) >= 11 is 0. The van der Waals surface area contributed by atoms with Crippen molar-refractivity contribution in [1.82, 2.24) is 14.7 Å². The van der Waals surface area contributed by atoms with Crippen LogP contribution in [-0.2, 0) is 6.54 Å². The average Bonchev–Trinajstić information content (AvgIpc) is 2.77. The van der Waals surface area contributed by atoms with Crippen molar-refractivity contribution in [1.29, 1.82) is 0 Å². The van der Waals surface area contributed by atoms with Crippen molar-refractivity contribution < 1.29 is 9.47 Å². The van der Waals surface area contributed by atoms with Crippen LogP contribution >= 0.6 is 24.8 Å². The Labute approximate surface area is 138 Å². The number of benzene rings is 1. The Bertz CT molecular complexity index is 517. The summed E-state index contributed by atoms with van der Waals surface area (Å²) in [5.41, 5.74) is 0.933. The fraction of sp³-hybridized carbons (Fsp3) is 0.500. The van der Waals surface area contributed by atoms with Crippen LogP contribution in [0.4, 0.5) is 0 Å². The number of nitrogens with zero attached hydrogens (tertiary/aromatic N) is 3. The van der Waals surface area contributed by atoms with Gasteiger partial charge >= 0.3 is 0 Å². The van der Waals surface area contributed by atoms with E-state index in [2.05, 4.69) is 24.1 Å². The molecule has 0 aliphatic carbocycles. The van der Waals surface area contributed by atoms with Crippen LogP contribution < -0.4 is 9.47 Å². The maximum atomic E-state index is 5.30. The molecule has 1 aromatic heterocycles. The fourth-order valence-corrected chi connectivity index (χ4v) is 2.07. The van der Waals surface area contributed by atoms with Crippen LogP contribution in [0.25, 0.3) is 10.9 Å². The molecule has 120 valence electrons. The molecular formula is C14H23Cl2N3O2. The van der Waals surface area contributed by atoms with E-state index < -0.39 is 0 Å². The molecule has 0 spiro atoms. The van der Waals surface area contributed by atoms with Crippen LogP contribution in [0, 0.1) is 0 Å². The van der Waals surface area contributed by atoms with E-state index >= 15 is 0 Å². The first kappa shape index (κ1) is 19.8. The summed E-state index contributed by atoms with van der Waals surface area (Å²) in [4.78, 5) is 2.18. The Morgan fingerprint density at radius 1 is 1.10 bits per heavy atom. The second-order valence-electron chi connectivity index (χ2n) is 4.82. The first-order valence-corrected chi connectivity index (χ1v) is 6.38. The Morgan fingerprint density at radius 3 is 2.29 bits per heavy atom. The molecule has 0 unspecified atom stereocenters. The van der Waals surface area contributed by atoms with Gasteiger partial charge in [0.2, 0.25) is 0 Å². The van der Waals surface area contributed by atoms with Crippen LogP contribution in [-0.4, -0.2) is 49.5 Å². The van der Waals surface area contributed by atoms with Gasteiger partial charge < -0.3 is 14.4 Å². The summed E-state index contributed by atoms with van der Waals surface area (Å²) in [5.74, 6) is 1.45. The molecular weight excluding hydrogens is 313 g/mol. The Morgan fingerprint density at radius 2 is 1.71 bits per heavy atom. The molecule has 0 aliphatic heterocycles. The van der Waals surface area contributed by atoms with Crippen LogP contribution in [0.1, 0.15) is 6.42 Å². The van der Waals surface area contributed by atoms with Gasteiger partial charge in [0.15, 0.2) is 11.5 Å². The fourth-order valence-electron chi connectivity index (χ4n) is 2.07. The van der Waals surface area contributed by atoms with Crippen molar-refractivity contribution in [3.63, 3.8) is 0 Å². The van der Waals surface area contributed by atoms with Gasteiger partial charge in [0.1, 0.15) is 0 Å². The third-order valence-corrected chi connectivity index (χ3v) is 3.05. The zero-order chi connectivity index (χ0) is 13.8. The van der Waals surface area contributed by atoms with Crippen LogP contribution in [0.5, 0.6) is 11.5 Å². The van der Waals surface area contributed by atoms with Crippen molar-refractivity contribution in [3.05, 3.63) is 18.3 Å². The summed E-state index contributed by atoms with van der Waals surface area (Å²) in [5, 5.41) is 5.63. The highest BCUT2D eigenvalue weighted by Crippen LogP contribution is 2.31. The number of aryl methyl sites for hydroxylation is 1. The summed E-state index contributed by atoms with van der Waals surface area (Å²) in [7, 11) is 7.44. The van der Waals surface area contributed by atoms with Gasteiger partial charge in [-0.05, 0) is 33.1 Å². The third-order valence-electron chi connectivity index (χ3n) is 3.05. The van der Waals surface area contributed by atoms with E-state index in [0.717, 1.165) is 36.2 Å². The summed E-state index contributed by atoms with van der Waals surface area (Å²) in [6.07, 6.45) is 3.13. The number of halogens is 2. The molecule has 0 aliphatic rings. The van der Waals surface area contributed by atoms with E-state index in [1.54, 1.807) is 14.2 Å². The zero-order valence-corrected chi connectivity index (χ0v) is 14.5. The van der Waals surface area contributed by atoms with Gasteiger partial charge in [-0.3, -0.25) is 4.68 Å². The molecule has 0 bridgehead atoms. The minimum atomic E-state index is 0. The summed E-state index contributed by atoms with van der Waals surface area (Å²) in [6, 6.07) is 3.88. The highest BCUT2D eigenvalue weighted by atomic mass is 35.5. The number of ether oxygens (including phenoxy) is 2. The highest BCUT2D eigenvalue weighted by molar-refractivity contribution is 5.85. The lowest BCUT2D eigenvalue weighted by molar-refractivity contribution is 0.356. The number of fused-ring (bicyclic) bond motifs is 1. The predicted molar refractivity (Wildman–Crippen MR) is 90.5 cm³/mol. The van der Waals surface area contributed by atoms with E-state index in [1.807, 2.05) is 23.0 Å². The Kier molecular flexibility index (Phi) is 8.47. The normalized spacial score (nSPS) is 10.1. The first-order chi connectivity index (χ1) is 9.13. The molecule has 0 radical (unpaired) electrons. The topological polar surface area (TPSA) is 39.5 Å². The van der Waals surface area contributed by atoms with Crippen molar-refractivity contribution >= 4 is 35.7 Å². The van der Waals surface area contributed by atoms with Gasteiger partial charge in [0.25, 0.3) is 0 Å². The number of hydrogen-bond donors (Lipinski definition) is 0. The largest absolute Gasteiger partial charge is 0.493 e. The van der Waals surface area contributed by atoms with Crippen molar-refractivity contribution in [2.24, 2.45) is 0 Å². The third kappa shape index (κ3) is 4.95. The van der Waals surface area contributed by atoms with Crippen LogP contribution in [0.2, 0.25) is 0 Å². The Balaban J connectivity index is 0.00000200. The molecule has 21 heavy (non-hydrogen) atoms. The molecule has 5 nitrogen and oxygen atoms in total. The summed E-state index contributed by atoms with van der Waals surface area (Å²) < 4.78 is 12.6. The van der Waals surface area contributed by atoms with Crippen molar-refractivity contribution in [2.75, 3.05) is 34.9 Å². The monoisotopic (exact) mass is 335 g/mol. The van der Waals surface area contributed by atoms with Gasteiger partial charge in [-0.1, -0.05) is 0 Å². The minimum absolute atomic E-state index is 0. The molecule has 0 saturated heterocycles. The van der Waals surface area contributed by atoms with Crippen LogP contribution in [0.3, 0.4) is 0 Å². The second-order valence-corrected chi connectivity index (χ2v) is 4.82. The number of hydrogen-bond acceptors (Lipinski definition) is 4. The van der Waals surface area contributed by atoms with E-state index in [0.29, 0.717) is 5.75 Å². The van der Waals surface area contributed by atoms with Gasteiger partial charge in [-0.2, -0.15) is 5.10 Å². The molecule has 0 N–H and O–H groups in total. The summed E-state index contributed by atoms with van der Waals surface area (Å²) in [6.45, 7) is 1.97. The average molecular weight is 336 g/mol. The molecule has 2 rings (SSSR count). The van der Waals surface area contributed by atoms with E-state index in [-0.39, 0.29) is 24.8 Å². The Hall–Kier alpha value is -1.17. The molecule has 0 saturated carbocycles. The zero-order valence-electron chi connectivity index (χ0n) is 12.8. The SMILES string of the molecule is COc1cc2cn(CCCN(C)C)nc2cc1OC.Cl.Cl. The van der Waals surface area contributed by atoms with Gasteiger partial charge in [0.05, 0.1) is 19.7 Å². The molecule has 2 aromatic rings. The maximum Gasteiger partial charge on any atom is 0.162 e. The number of aromatic nitrogens is 2. The maximum absolute atomic E-state index is 5.30. The van der Waals surface area contributed by atoms with E-state index in [9.17, 15) is 0 Å². The predicted octanol–water partition coefficient (Wildman–Crippen LogP) is 2.85. The van der Waals surface area contributed by atoms with E-state index in [1.165, 1.54) is 0 Å². The lowest BCUT2D eigenvalue weighted by Gasteiger charge is -2.08. The number of methoxy groups -OCH3 is 2. The molecule has 0 atom stereocenters. The van der Waals surface area contributed by atoms with Gasteiger partial charge in [-0.25, -0.2) is 0 Å². The number of rotatable bonds is 6. The van der Waals surface area contributed by atoms with Crippen molar-refractivity contribution in [3.8, 4) is 11.5 Å². The second kappa shape index (κ2) is 8.97. The minimum Gasteiger partial charge on any atom is -0.493 e. The van der Waals surface area contributed by atoms with E-state index in [4.69, 9.17) is 9.47 Å². The molecule has 7 heteroatoms.